The molecular weight excluding hydrogens is 216 g/mol. The third-order valence-corrected chi connectivity index (χ3v) is 1.59. The van der Waals surface area contributed by atoms with Gasteiger partial charge in [-0.05, 0) is 0 Å². The molecule has 0 saturated carbocycles. The van der Waals surface area contributed by atoms with Crippen LogP contribution in [-0.2, 0) is 33.4 Å². The van der Waals surface area contributed by atoms with Gasteiger partial charge in [-0.1, -0.05) is 13.2 Å². The molecule has 0 aromatic rings. The molecule has 76 valence electrons. The van der Waals surface area contributed by atoms with Gasteiger partial charge in [-0.3, -0.25) is 4.79 Å². The number of hydrogen-bond donors (Lipinski definition) is 1. The minimum Gasteiger partial charge on any atom is -0.481 e. The van der Waals surface area contributed by atoms with Crippen LogP contribution in [0.2, 0.25) is 0 Å². The Balaban J connectivity index is 0. The lowest BCUT2D eigenvalue weighted by Crippen LogP contribution is -1.99. The summed E-state index contributed by atoms with van der Waals surface area (Å²) in [5.74, 6) is -0.833. The first-order valence-electron chi connectivity index (χ1n) is 2.88. The van der Waals surface area contributed by atoms with Gasteiger partial charge in [-0.25, -0.2) is 0 Å². The highest BCUT2D eigenvalue weighted by molar-refractivity contribution is 8.27. The molecule has 0 fully saturated rings. The van der Waals surface area contributed by atoms with E-state index in [0.717, 1.165) is 19.4 Å². The number of carboxylic acids is 1. The molecule has 0 aliphatic rings. The van der Waals surface area contributed by atoms with Crippen LogP contribution in [-0.4, -0.2) is 15.3 Å². The third-order valence-electron chi connectivity index (χ3n) is 0.372. The fourth-order valence-electron chi connectivity index (χ4n) is 0.189. The lowest BCUT2D eigenvalue weighted by atomic mass is 10.9. The molecule has 0 spiro atoms. The zero-order chi connectivity index (χ0) is 10.9. The van der Waals surface area contributed by atoms with Gasteiger partial charge in [-0.15, -0.1) is 0 Å². The second kappa shape index (κ2) is 7.56. The van der Waals surface area contributed by atoms with Crippen LogP contribution >= 0.6 is 0 Å². The molecule has 0 amide bonds. The van der Waals surface area contributed by atoms with E-state index in [1.54, 1.807) is 0 Å². The van der Waals surface area contributed by atoms with E-state index in [2.05, 4.69) is 32.7 Å². The molecule has 5 nitrogen and oxygen atoms in total. The molecule has 0 aliphatic carbocycles. The maximum Gasteiger partial charge on any atom is 0.360 e. The Kier molecular flexibility index (Phi) is 8.40. The molecule has 1 N–H and O–H groups in total. The Morgan fingerprint density at radius 2 is 1.69 bits per heavy atom. The second-order valence-corrected chi connectivity index (χ2v) is 3.88. The number of hydrogen-bond acceptors (Lipinski definition) is 5. The van der Waals surface area contributed by atoms with Crippen LogP contribution in [0.25, 0.3) is 0 Å². The van der Waals surface area contributed by atoms with Crippen molar-refractivity contribution in [3.05, 3.63) is 25.7 Å². The highest BCUT2D eigenvalue weighted by Crippen LogP contribution is 1.95. The Labute approximate surface area is 81.7 Å². The second-order valence-electron chi connectivity index (χ2n) is 1.45. The maximum atomic E-state index is 10.6. The summed E-state index contributed by atoms with van der Waals surface area (Å²) in [6.45, 7) is 7.37. The molecule has 0 atom stereocenters. The summed E-state index contributed by atoms with van der Waals surface area (Å²) in [6.07, 6.45) is 1.91. The van der Waals surface area contributed by atoms with E-state index in [-0.39, 0.29) is 0 Å². The van der Waals surface area contributed by atoms with Gasteiger partial charge in [0.05, 0.1) is 11.2 Å². The van der Waals surface area contributed by atoms with Gasteiger partial charge in [0.25, 0.3) is 5.97 Å². The van der Waals surface area contributed by atoms with Crippen molar-refractivity contribution < 1.29 is 22.5 Å². The molecule has 13 heavy (non-hydrogen) atoms. The Morgan fingerprint density at radius 1 is 1.46 bits per heavy atom. The van der Waals surface area contributed by atoms with E-state index < -0.39 is 15.0 Å². The van der Waals surface area contributed by atoms with Crippen molar-refractivity contribution in [1.82, 2.24) is 0 Å². The summed E-state index contributed by atoms with van der Waals surface area (Å²) < 4.78 is 19.2. The summed E-state index contributed by atoms with van der Waals surface area (Å²) in [7, 11) is -3.08. The normalized spacial score (nSPS) is 8.69. The standard InChI is InChI=1S/C4H6O3S2.C2H4O2/c1-3-6-9(5,8)7-4-2;1-2(3)4/h3-4H,1-2H2;1H3,(H,3,4). The number of aliphatic carboxylic acids is 1. The highest BCUT2D eigenvalue weighted by Gasteiger charge is 1.99. The first-order chi connectivity index (χ1) is 5.85. The van der Waals surface area contributed by atoms with Gasteiger partial charge >= 0.3 is 9.05 Å². The summed E-state index contributed by atoms with van der Waals surface area (Å²) in [5, 5.41) is 7.42. The first kappa shape index (κ1) is 14.4. The van der Waals surface area contributed by atoms with Crippen LogP contribution in [0.4, 0.5) is 0 Å². The van der Waals surface area contributed by atoms with Crippen molar-refractivity contribution in [3.63, 3.8) is 0 Å². The summed E-state index contributed by atoms with van der Waals surface area (Å²) in [6, 6.07) is 0. The van der Waals surface area contributed by atoms with E-state index in [4.69, 9.17) is 9.90 Å². The monoisotopic (exact) mass is 226 g/mol. The zero-order valence-corrected chi connectivity index (χ0v) is 8.60. The molecule has 0 aliphatic heterocycles. The molecule has 0 rings (SSSR count). The lowest BCUT2D eigenvalue weighted by molar-refractivity contribution is -0.134. The average Bonchev–Trinajstić information content (AvgIpc) is 1.84. The molecule has 0 bridgehead atoms. The topological polar surface area (TPSA) is 72.8 Å². The van der Waals surface area contributed by atoms with Crippen LogP contribution in [0.3, 0.4) is 0 Å². The Morgan fingerprint density at radius 3 is 1.85 bits per heavy atom. The minimum absolute atomic E-state index is 0.833. The van der Waals surface area contributed by atoms with Crippen molar-refractivity contribution in [3.8, 4) is 0 Å². The lowest BCUT2D eigenvalue weighted by Gasteiger charge is -2.00. The van der Waals surface area contributed by atoms with E-state index in [9.17, 15) is 4.21 Å². The van der Waals surface area contributed by atoms with Crippen molar-refractivity contribution in [2.45, 2.75) is 6.92 Å². The predicted octanol–water partition coefficient (Wildman–Crippen LogP) is 0.974. The molecule has 7 heteroatoms. The fraction of sp³-hybridized carbons (Fsp3) is 0.167. The van der Waals surface area contributed by atoms with Crippen LogP contribution in [0.5, 0.6) is 0 Å². The van der Waals surface area contributed by atoms with Gasteiger partial charge in [0.15, 0.2) is 0 Å². The Bertz CT molecular complexity index is 247. The first-order valence-corrected chi connectivity index (χ1v) is 5.22. The third kappa shape index (κ3) is 18.1. The van der Waals surface area contributed by atoms with E-state index >= 15 is 0 Å². The number of rotatable bonds is 4. The fourth-order valence-corrected chi connectivity index (χ4v) is 0.901. The molecule has 0 aromatic heterocycles. The highest BCUT2D eigenvalue weighted by atomic mass is 32.9. The van der Waals surface area contributed by atoms with Crippen molar-refractivity contribution >= 4 is 26.2 Å². The minimum atomic E-state index is -3.08. The largest absolute Gasteiger partial charge is 0.481 e. The number of carboxylic acid groups (broad SMARTS) is 1. The van der Waals surface area contributed by atoms with Crippen molar-refractivity contribution in [2.75, 3.05) is 0 Å². The summed E-state index contributed by atoms with van der Waals surface area (Å²) in [5.41, 5.74) is 0. The molecule has 0 aromatic carbocycles. The van der Waals surface area contributed by atoms with Crippen molar-refractivity contribution in [1.29, 1.82) is 0 Å². The van der Waals surface area contributed by atoms with Crippen LogP contribution in [0.15, 0.2) is 25.7 Å². The van der Waals surface area contributed by atoms with E-state index in [1.165, 1.54) is 0 Å². The van der Waals surface area contributed by atoms with Crippen LogP contribution in [0, 0.1) is 0 Å². The van der Waals surface area contributed by atoms with Gasteiger partial charge in [0.1, 0.15) is 12.5 Å². The number of carbonyl (C=O) groups is 1. The van der Waals surface area contributed by atoms with Crippen LogP contribution in [0.1, 0.15) is 6.92 Å². The maximum absolute atomic E-state index is 10.6. The quantitative estimate of drug-likeness (QED) is 0.720. The molecule has 0 unspecified atom stereocenters. The SMILES string of the molecule is C=COS(=O)(=S)OC=C.CC(=O)O. The van der Waals surface area contributed by atoms with Crippen LogP contribution < -0.4 is 0 Å². The average molecular weight is 226 g/mol. The predicted molar refractivity (Wildman–Crippen MR) is 51.4 cm³/mol. The van der Waals surface area contributed by atoms with Gasteiger partial charge in [0.2, 0.25) is 0 Å². The van der Waals surface area contributed by atoms with Gasteiger partial charge in [0, 0.05) is 6.92 Å². The zero-order valence-electron chi connectivity index (χ0n) is 6.97. The molecular formula is C6H10O5S2. The van der Waals surface area contributed by atoms with E-state index in [0.29, 0.717) is 0 Å². The van der Waals surface area contributed by atoms with Gasteiger partial charge < -0.3 is 13.5 Å². The molecule has 0 radical (unpaired) electrons. The smallest absolute Gasteiger partial charge is 0.360 e. The van der Waals surface area contributed by atoms with E-state index in [1.807, 2.05) is 0 Å². The summed E-state index contributed by atoms with van der Waals surface area (Å²) in [4.78, 5) is 9.00. The molecule has 0 saturated heterocycles. The summed E-state index contributed by atoms with van der Waals surface area (Å²) >= 11 is 4.28. The van der Waals surface area contributed by atoms with Crippen molar-refractivity contribution in [2.24, 2.45) is 0 Å². The molecule has 0 heterocycles. The van der Waals surface area contributed by atoms with Gasteiger partial charge in [-0.2, -0.15) is 4.21 Å². The Hall–Kier alpha value is -1.08.